The van der Waals surface area contributed by atoms with Crippen LogP contribution in [0.3, 0.4) is 0 Å². The van der Waals surface area contributed by atoms with Gasteiger partial charge in [-0.15, -0.1) is 0 Å². The first-order valence-electron chi connectivity index (χ1n) is 9.00. The number of hydrogen-bond donors (Lipinski definition) is 1. The summed E-state index contributed by atoms with van der Waals surface area (Å²) in [7, 11) is 0. The first kappa shape index (κ1) is 18.2. The summed E-state index contributed by atoms with van der Waals surface area (Å²) in [5.41, 5.74) is 2.40. The summed E-state index contributed by atoms with van der Waals surface area (Å²) in [6, 6.07) is 23.4. The number of benzene rings is 3. The number of amides is 1. The Bertz CT molecular complexity index is 1230. The molecule has 0 aliphatic heterocycles. The normalized spacial score (nSPS) is 11.0. The van der Waals surface area contributed by atoms with Crippen molar-refractivity contribution in [3.05, 3.63) is 95.5 Å². The van der Waals surface area contributed by atoms with Gasteiger partial charge in [-0.05, 0) is 48.5 Å². The molecule has 0 aliphatic carbocycles. The van der Waals surface area contributed by atoms with Crippen molar-refractivity contribution in [2.75, 3.05) is 5.32 Å². The zero-order chi connectivity index (χ0) is 20.1. The van der Waals surface area contributed by atoms with Gasteiger partial charge in [-0.1, -0.05) is 30.3 Å². The molecule has 0 atom stereocenters. The highest BCUT2D eigenvalue weighted by molar-refractivity contribution is 5.90. The molecule has 4 rings (SSSR count). The lowest BCUT2D eigenvalue weighted by Gasteiger charge is -2.08. The molecule has 0 radical (unpaired) electrons. The van der Waals surface area contributed by atoms with Crippen molar-refractivity contribution in [3.8, 4) is 0 Å². The number of nitrogens with zero attached hydrogens (tertiary/aromatic N) is 4. The lowest BCUT2D eigenvalue weighted by molar-refractivity contribution is -0.116. The molecule has 0 unspecified atom stereocenters. The van der Waals surface area contributed by atoms with E-state index in [0.717, 1.165) is 5.69 Å². The maximum Gasteiger partial charge on any atom is 0.261 e. The minimum atomic E-state index is -0.317. The van der Waals surface area contributed by atoms with Gasteiger partial charge in [0.25, 0.3) is 5.56 Å². The summed E-state index contributed by atoms with van der Waals surface area (Å²) in [5, 5.41) is 11.6. The molecule has 1 N–H and O–H groups in total. The van der Waals surface area contributed by atoms with E-state index < -0.39 is 0 Å². The van der Waals surface area contributed by atoms with Gasteiger partial charge >= 0.3 is 0 Å². The van der Waals surface area contributed by atoms with E-state index in [1.165, 1.54) is 10.9 Å². The van der Waals surface area contributed by atoms with Crippen LogP contribution in [0.1, 0.15) is 0 Å². The zero-order valence-corrected chi connectivity index (χ0v) is 15.4. The van der Waals surface area contributed by atoms with Gasteiger partial charge in [-0.3, -0.25) is 14.2 Å². The van der Waals surface area contributed by atoms with Crippen LogP contribution in [0.25, 0.3) is 10.9 Å². The third kappa shape index (κ3) is 4.41. The average molecular weight is 383 g/mol. The first-order chi connectivity index (χ1) is 14.2. The van der Waals surface area contributed by atoms with Gasteiger partial charge in [0.15, 0.2) is 0 Å². The van der Waals surface area contributed by atoms with Crippen LogP contribution in [-0.4, -0.2) is 15.5 Å². The fourth-order valence-electron chi connectivity index (χ4n) is 2.80. The van der Waals surface area contributed by atoms with E-state index in [1.807, 2.05) is 36.4 Å². The fourth-order valence-corrected chi connectivity index (χ4v) is 2.80. The van der Waals surface area contributed by atoms with Crippen molar-refractivity contribution in [3.63, 3.8) is 0 Å². The number of carbonyl (C=O) groups excluding carboxylic acids is 1. The van der Waals surface area contributed by atoms with Crippen LogP contribution >= 0.6 is 0 Å². The Kier molecular flexibility index (Phi) is 5.20. The highest BCUT2D eigenvalue weighted by Gasteiger charge is 2.08. The predicted octanol–water partition coefficient (Wildman–Crippen LogP) is 4.45. The Balaban J connectivity index is 1.42. The number of carbonyl (C=O) groups is 1. The standard InChI is InChI=1S/C22H17N5O2/c28-21(14-27-15-23-20-9-5-4-8-19(20)22(27)29)24-16-10-12-18(13-11-16)26-25-17-6-2-1-3-7-17/h1-13,15H,14H2,(H,24,28). The number of rotatable bonds is 5. The summed E-state index contributed by atoms with van der Waals surface area (Å²) < 4.78 is 1.29. The number of anilines is 1. The van der Waals surface area contributed by atoms with Crippen LogP contribution in [0.2, 0.25) is 0 Å². The van der Waals surface area contributed by atoms with E-state index in [1.54, 1.807) is 42.5 Å². The third-order valence-corrected chi connectivity index (χ3v) is 4.23. The Morgan fingerprint density at radius 3 is 2.28 bits per heavy atom. The maximum atomic E-state index is 12.5. The number of azo groups is 1. The quantitative estimate of drug-likeness (QED) is 0.516. The van der Waals surface area contributed by atoms with Crippen molar-refractivity contribution in [2.24, 2.45) is 10.2 Å². The van der Waals surface area contributed by atoms with Crippen LogP contribution in [0.4, 0.5) is 17.1 Å². The van der Waals surface area contributed by atoms with Gasteiger partial charge in [0.05, 0.1) is 28.6 Å². The van der Waals surface area contributed by atoms with Crippen molar-refractivity contribution in [1.29, 1.82) is 0 Å². The molecule has 0 fully saturated rings. The number of aromatic nitrogens is 2. The molecule has 0 saturated carbocycles. The summed E-state index contributed by atoms with van der Waals surface area (Å²) in [6.07, 6.45) is 1.39. The number of nitrogens with one attached hydrogen (secondary N) is 1. The second-order valence-corrected chi connectivity index (χ2v) is 6.33. The zero-order valence-electron chi connectivity index (χ0n) is 15.4. The second kappa shape index (κ2) is 8.26. The van der Waals surface area contributed by atoms with Crippen molar-refractivity contribution < 1.29 is 4.79 Å². The lowest BCUT2D eigenvalue weighted by atomic mass is 10.2. The van der Waals surface area contributed by atoms with Crippen molar-refractivity contribution in [1.82, 2.24) is 9.55 Å². The molecule has 7 heteroatoms. The third-order valence-electron chi connectivity index (χ3n) is 4.23. The molecule has 4 aromatic rings. The molecule has 0 aliphatic rings. The lowest BCUT2D eigenvalue weighted by Crippen LogP contribution is -2.27. The Hall–Kier alpha value is -4.13. The smallest absolute Gasteiger partial charge is 0.261 e. The molecule has 142 valence electrons. The van der Waals surface area contributed by atoms with Gasteiger partial charge in [-0.25, -0.2) is 4.98 Å². The van der Waals surface area contributed by atoms with E-state index in [0.29, 0.717) is 22.3 Å². The minimum absolute atomic E-state index is 0.119. The van der Waals surface area contributed by atoms with Crippen LogP contribution in [0.15, 0.2) is 100 Å². The summed E-state index contributed by atoms with van der Waals surface area (Å²) >= 11 is 0. The minimum Gasteiger partial charge on any atom is -0.325 e. The topological polar surface area (TPSA) is 88.7 Å². The molecule has 29 heavy (non-hydrogen) atoms. The van der Waals surface area contributed by atoms with Crippen LogP contribution in [-0.2, 0) is 11.3 Å². The second-order valence-electron chi connectivity index (χ2n) is 6.33. The highest BCUT2D eigenvalue weighted by Crippen LogP contribution is 2.20. The highest BCUT2D eigenvalue weighted by atomic mass is 16.2. The molecule has 0 spiro atoms. The fraction of sp³-hybridized carbons (Fsp3) is 0.0455. The molecule has 3 aromatic carbocycles. The maximum absolute atomic E-state index is 12.5. The van der Waals surface area contributed by atoms with Crippen LogP contribution in [0.5, 0.6) is 0 Å². The van der Waals surface area contributed by atoms with Gasteiger partial charge in [0.1, 0.15) is 6.54 Å². The van der Waals surface area contributed by atoms with Crippen molar-refractivity contribution >= 4 is 33.9 Å². The molecule has 1 amide bonds. The molecular weight excluding hydrogens is 366 g/mol. The van der Waals surface area contributed by atoms with E-state index in [2.05, 4.69) is 20.5 Å². The molecule has 1 heterocycles. The van der Waals surface area contributed by atoms with Gasteiger partial charge in [0, 0.05) is 5.69 Å². The Morgan fingerprint density at radius 2 is 1.52 bits per heavy atom. The molecule has 0 bridgehead atoms. The molecule has 7 nitrogen and oxygen atoms in total. The number of fused-ring (bicyclic) bond motifs is 1. The summed E-state index contributed by atoms with van der Waals surface area (Å²) in [6.45, 7) is -0.119. The Labute approximate surface area is 166 Å². The first-order valence-corrected chi connectivity index (χ1v) is 9.00. The summed E-state index contributed by atoms with van der Waals surface area (Å²) in [5.74, 6) is -0.317. The van der Waals surface area contributed by atoms with E-state index in [-0.39, 0.29) is 18.0 Å². The van der Waals surface area contributed by atoms with Gasteiger partial charge < -0.3 is 5.32 Å². The molecular formula is C22H17N5O2. The monoisotopic (exact) mass is 383 g/mol. The average Bonchev–Trinajstić information content (AvgIpc) is 2.76. The van der Waals surface area contributed by atoms with E-state index >= 15 is 0 Å². The van der Waals surface area contributed by atoms with Crippen molar-refractivity contribution in [2.45, 2.75) is 6.54 Å². The van der Waals surface area contributed by atoms with Crippen LogP contribution in [0, 0.1) is 0 Å². The number of para-hydroxylation sites is 1. The van der Waals surface area contributed by atoms with Gasteiger partial charge in [0.2, 0.25) is 5.91 Å². The SMILES string of the molecule is O=C(Cn1cnc2ccccc2c1=O)Nc1ccc(N=Nc2ccccc2)cc1. The van der Waals surface area contributed by atoms with E-state index in [9.17, 15) is 9.59 Å². The summed E-state index contributed by atoms with van der Waals surface area (Å²) in [4.78, 5) is 29.0. The number of hydrogen-bond acceptors (Lipinski definition) is 5. The van der Waals surface area contributed by atoms with Gasteiger partial charge in [-0.2, -0.15) is 10.2 Å². The Morgan fingerprint density at radius 1 is 0.862 bits per heavy atom. The molecule has 1 aromatic heterocycles. The molecule has 0 saturated heterocycles. The van der Waals surface area contributed by atoms with Crippen LogP contribution < -0.4 is 10.9 Å². The van der Waals surface area contributed by atoms with E-state index in [4.69, 9.17) is 0 Å². The largest absolute Gasteiger partial charge is 0.325 e. The predicted molar refractivity (Wildman–Crippen MR) is 112 cm³/mol.